The summed E-state index contributed by atoms with van der Waals surface area (Å²) in [4.78, 5) is 0. The molecule has 0 heterocycles. The predicted molar refractivity (Wildman–Crippen MR) is 46.4 cm³/mol. The fraction of sp³-hybridized carbons (Fsp3) is 1.00. The van der Waals surface area contributed by atoms with Crippen molar-refractivity contribution in [2.75, 3.05) is 0 Å². The minimum atomic E-state index is -0.914. The average Bonchev–Trinajstić information content (AvgIpc) is 1.83. The van der Waals surface area contributed by atoms with Gasteiger partial charge < -0.3 is 10.2 Å². The zero-order valence-corrected chi connectivity index (χ0v) is 7.96. The van der Waals surface area contributed by atoms with Crippen molar-refractivity contribution in [3.05, 3.63) is 0 Å². The smallest absolute Gasteiger partial charge is 0.0879 e. The molecule has 0 aliphatic rings. The summed E-state index contributed by atoms with van der Waals surface area (Å²) in [6.45, 7) is 7.65. The summed E-state index contributed by atoms with van der Waals surface area (Å²) in [6, 6.07) is 0. The molecule has 0 bridgehead atoms. The summed E-state index contributed by atoms with van der Waals surface area (Å²) < 4.78 is 0. The molecule has 2 atom stereocenters. The van der Waals surface area contributed by atoms with E-state index in [-0.39, 0.29) is 0 Å². The zero-order chi connectivity index (χ0) is 9.07. The molecule has 0 saturated heterocycles. The first kappa shape index (κ1) is 10.9. The van der Waals surface area contributed by atoms with E-state index in [0.29, 0.717) is 18.8 Å². The van der Waals surface area contributed by atoms with E-state index in [1.807, 2.05) is 20.8 Å². The number of hydrogen-bond acceptors (Lipinski definition) is 2. The number of aliphatic hydroxyl groups is 2. The van der Waals surface area contributed by atoms with Crippen molar-refractivity contribution in [2.45, 2.75) is 52.2 Å². The van der Waals surface area contributed by atoms with Crippen LogP contribution in [0.4, 0.5) is 0 Å². The van der Waals surface area contributed by atoms with Gasteiger partial charge in [-0.1, -0.05) is 20.8 Å². The molecule has 0 amide bonds. The maximum Gasteiger partial charge on any atom is 0.0879 e. The van der Waals surface area contributed by atoms with Crippen LogP contribution in [0.3, 0.4) is 0 Å². The lowest BCUT2D eigenvalue weighted by Crippen LogP contribution is -2.39. The third-order valence-corrected chi connectivity index (χ3v) is 1.93. The molecule has 0 aromatic carbocycles. The molecule has 68 valence electrons. The molecule has 0 aliphatic carbocycles. The van der Waals surface area contributed by atoms with Gasteiger partial charge in [0, 0.05) is 0 Å². The first-order chi connectivity index (χ1) is 4.90. The lowest BCUT2D eigenvalue weighted by molar-refractivity contribution is -0.0747. The fourth-order valence-electron chi connectivity index (χ4n) is 1.40. The highest BCUT2D eigenvalue weighted by molar-refractivity contribution is 4.81. The summed E-state index contributed by atoms with van der Waals surface area (Å²) in [6.07, 6.45) is 0.673. The minimum Gasteiger partial charge on any atom is -0.390 e. The molecule has 0 aromatic rings. The Morgan fingerprint density at radius 3 is 2.09 bits per heavy atom. The largest absolute Gasteiger partial charge is 0.390 e. The van der Waals surface area contributed by atoms with Crippen LogP contribution in [0.5, 0.6) is 0 Å². The molecular weight excluding hydrogens is 140 g/mol. The van der Waals surface area contributed by atoms with Gasteiger partial charge in [-0.05, 0) is 25.7 Å². The topological polar surface area (TPSA) is 40.5 Å². The number of rotatable bonds is 4. The van der Waals surface area contributed by atoms with Gasteiger partial charge in [-0.25, -0.2) is 0 Å². The van der Waals surface area contributed by atoms with Gasteiger partial charge in [-0.2, -0.15) is 0 Å². The highest BCUT2D eigenvalue weighted by atomic mass is 16.3. The molecule has 0 radical (unpaired) electrons. The molecule has 2 unspecified atom stereocenters. The van der Waals surface area contributed by atoms with Gasteiger partial charge in [-0.3, -0.25) is 0 Å². The van der Waals surface area contributed by atoms with E-state index >= 15 is 0 Å². The Morgan fingerprint density at radius 2 is 1.82 bits per heavy atom. The van der Waals surface area contributed by atoms with Gasteiger partial charge in [0.05, 0.1) is 11.7 Å². The maximum atomic E-state index is 9.70. The lowest BCUT2D eigenvalue weighted by Gasteiger charge is -2.29. The molecular formula is C9H20O2. The first-order valence-corrected chi connectivity index (χ1v) is 4.30. The van der Waals surface area contributed by atoms with E-state index in [9.17, 15) is 10.2 Å². The summed E-state index contributed by atoms with van der Waals surface area (Å²) in [7, 11) is 0. The van der Waals surface area contributed by atoms with E-state index < -0.39 is 11.7 Å². The molecule has 2 heteroatoms. The highest BCUT2D eigenvalue weighted by Crippen LogP contribution is 2.21. The number of aliphatic hydroxyl groups excluding tert-OH is 1. The van der Waals surface area contributed by atoms with Gasteiger partial charge in [0.25, 0.3) is 0 Å². The Balaban J connectivity index is 3.98. The van der Waals surface area contributed by atoms with Gasteiger partial charge in [0.1, 0.15) is 0 Å². The van der Waals surface area contributed by atoms with Crippen molar-refractivity contribution >= 4 is 0 Å². The van der Waals surface area contributed by atoms with E-state index in [2.05, 4.69) is 0 Å². The zero-order valence-electron chi connectivity index (χ0n) is 7.96. The average molecular weight is 160 g/mol. The Hall–Kier alpha value is -0.0800. The standard InChI is InChI=1S/C9H20O2/c1-5-8(10)9(4,11)6-7(2)3/h7-8,10-11H,5-6H2,1-4H3. The molecule has 0 saturated carbocycles. The van der Waals surface area contributed by atoms with Gasteiger partial charge in [0.15, 0.2) is 0 Å². The third kappa shape index (κ3) is 3.73. The van der Waals surface area contributed by atoms with E-state index in [1.54, 1.807) is 6.92 Å². The summed E-state index contributed by atoms with van der Waals surface area (Å²) >= 11 is 0. The van der Waals surface area contributed by atoms with Crippen molar-refractivity contribution in [1.29, 1.82) is 0 Å². The predicted octanol–water partition coefficient (Wildman–Crippen LogP) is 1.55. The molecule has 0 aliphatic heterocycles. The molecule has 0 spiro atoms. The van der Waals surface area contributed by atoms with Crippen LogP contribution in [0.15, 0.2) is 0 Å². The van der Waals surface area contributed by atoms with Gasteiger partial charge >= 0.3 is 0 Å². The van der Waals surface area contributed by atoms with Crippen molar-refractivity contribution in [3.8, 4) is 0 Å². The molecule has 0 aromatic heterocycles. The van der Waals surface area contributed by atoms with Crippen LogP contribution in [0.2, 0.25) is 0 Å². The summed E-state index contributed by atoms with van der Waals surface area (Å²) in [5.74, 6) is 0.422. The van der Waals surface area contributed by atoms with E-state index in [1.165, 1.54) is 0 Å². The minimum absolute atomic E-state index is 0.422. The Bertz CT molecular complexity index is 108. The molecule has 11 heavy (non-hydrogen) atoms. The van der Waals surface area contributed by atoms with Gasteiger partial charge in [-0.15, -0.1) is 0 Å². The Labute approximate surface area is 69.2 Å². The Kier molecular flexibility index (Phi) is 4.04. The molecule has 2 N–H and O–H groups in total. The van der Waals surface area contributed by atoms with Gasteiger partial charge in [0.2, 0.25) is 0 Å². The van der Waals surface area contributed by atoms with Crippen LogP contribution in [0, 0.1) is 5.92 Å². The second-order valence-corrected chi connectivity index (χ2v) is 3.88. The van der Waals surface area contributed by atoms with Crippen molar-refractivity contribution in [2.24, 2.45) is 5.92 Å². The molecule has 0 fully saturated rings. The second kappa shape index (κ2) is 4.07. The monoisotopic (exact) mass is 160 g/mol. The van der Waals surface area contributed by atoms with Crippen LogP contribution < -0.4 is 0 Å². The van der Waals surface area contributed by atoms with Crippen molar-refractivity contribution in [3.63, 3.8) is 0 Å². The SMILES string of the molecule is CCC(O)C(C)(O)CC(C)C. The van der Waals surface area contributed by atoms with Crippen LogP contribution >= 0.6 is 0 Å². The van der Waals surface area contributed by atoms with Crippen LogP contribution in [0.25, 0.3) is 0 Å². The summed E-state index contributed by atoms with van der Waals surface area (Å²) in [5.41, 5.74) is -0.914. The number of hydrogen-bond donors (Lipinski definition) is 2. The third-order valence-electron chi connectivity index (χ3n) is 1.93. The van der Waals surface area contributed by atoms with Crippen molar-refractivity contribution in [1.82, 2.24) is 0 Å². The fourth-order valence-corrected chi connectivity index (χ4v) is 1.40. The van der Waals surface area contributed by atoms with E-state index in [0.717, 1.165) is 0 Å². The second-order valence-electron chi connectivity index (χ2n) is 3.88. The Morgan fingerprint density at radius 1 is 1.36 bits per heavy atom. The van der Waals surface area contributed by atoms with Crippen LogP contribution in [-0.2, 0) is 0 Å². The first-order valence-electron chi connectivity index (χ1n) is 4.30. The van der Waals surface area contributed by atoms with Crippen molar-refractivity contribution < 1.29 is 10.2 Å². The van der Waals surface area contributed by atoms with E-state index in [4.69, 9.17) is 0 Å². The molecule has 0 rings (SSSR count). The highest BCUT2D eigenvalue weighted by Gasteiger charge is 2.29. The maximum absolute atomic E-state index is 9.70. The van der Waals surface area contributed by atoms with Crippen LogP contribution in [0.1, 0.15) is 40.5 Å². The summed E-state index contributed by atoms with van der Waals surface area (Å²) in [5, 5.41) is 19.1. The van der Waals surface area contributed by atoms with Crippen LogP contribution in [-0.4, -0.2) is 21.9 Å². The molecule has 2 nitrogen and oxygen atoms in total. The lowest BCUT2D eigenvalue weighted by atomic mass is 9.88. The quantitative estimate of drug-likeness (QED) is 0.655. The normalized spacial score (nSPS) is 19.9.